The molecule has 7 nitrogen and oxygen atoms in total. The third kappa shape index (κ3) is 8.11. The van der Waals surface area contributed by atoms with Crippen LogP contribution >= 0.6 is 12.0 Å². The Morgan fingerprint density at radius 2 is 2.15 bits per heavy atom. The molecule has 1 aliphatic heterocycles. The molecule has 41 heavy (non-hydrogen) atoms. The molecule has 0 radical (unpaired) electrons. The molecule has 226 valence electrons. The molecule has 5 atom stereocenters. The van der Waals surface area contributed by atoms with E-state index >= 15 is 0 Å². The summed E-state index contributed by atoms with van der Waals surface area (Å²) in [7, 11) is 1.70. The van der Waals surface area contributed by atoms with Gasteiger partial charge in [0.25, 0.3) is 0 Å². The van der Waals surface area contributed by atoms with Crippen molar-refractivity contribution < 1.29 is 27.4 Å². The van der Waals surface area contributed by atoms with Crippen LogP contribution in [-0.2, 0) is 18.6 Å². The van der Waals surface area contributed by atoms with Crippen molar-refractivity contribution in [3.05, 3.63) is 59.9 Å². The Hall–Kier alpha value is -2.43. The molecule has 5 rings (SSSR count). The highest BCUT2D eigenvalue weighted by Gasteiger charge is 2.51. The quantitative estimate of drug-likeness (QED) is 0.149. The lowest BCUT2D eigenvalue weighted by molar-refractivity contribution is -0.142. The lowest BCUT2D eigenvalue weighted by atomic mass is 9.84. The van der Waals surface area contributed by atoms with Crippen LogP contribution in [0.2, 0.25) is 0 Å². The number of carbonyl (C=O) groups is 2. The van der Waals surface area contributed by atoms with Crippen molar-refractivity contribution in [3.8, 4) is 0 Å². The van der Waals surface area contributed by atoms with Crippen molar-refractivity contribution >= 4 is 23.9 Å². The second kappa shape index (κ2) is 14.2. The second-order valence-corrected chi connectivity index (χ2v) is 11.9. The number of hydrogen-bond donors (Lipinski definition) is 1. The molecule has 0 aromatic heterocycles. The molecule has 0 aromatic rings. The number of nitrogens with one attached hydrogen (secondary N) is 1. The number of fused-ring (bicyclic) bond motifs is 4. The zero-order valence-electron chi connectivity index (χ0n) is 24.2. The first kappa shape index (κ1) is 31.5. The predicted molar refractivity (Wildman–Crippen MR) is 158 cm³/mol. The maximum atomic E-state index is 14.2. The highest BCUT2D eigenvalue weighted by atomic mass is 32.2. The molecular weight excluding hydrogens is 548 g/mol. The minimum absolute atomic E-state index is 0.124. The number of ether oxygens (including phenoxy) is 1. The molecule has 0 spiro atoms. The first-order valence-corrected chi connectivity index (χ1v) is 15.7. The van der Waals surface area contributed by atoms with Gasteiger partial charge in [0, 0.05) is 57.2 Å². The molecule has 1 N–H and O–H groups in total. The van der Waals surface area contributed by atoms with Gasteiger partial charge in [0.15, 0.2) is 0 Å². The minimum Gasteiger partial charge on any atom is -0.497 e. The molecule has 2 bridgehead atoms. The monoisotopic (exact) mass is 591 g/mol. The standard InChI is InChI=1S/C31H43F2N3O4S/c1-5-8-21(6-2)18-34-30(38)29(26-20-36(26)40-41-4)35(19-22-13-14-31(32,33)17-22)28(37)12-11-24-15-25-10-7-9-23(24)16-27(25)39-3/h5-6,8,16,22,24,26,29H,1-2,7,9-15,17-20H2,3-4H3,(H,34,38)/b21-8+. The minimum atomic E-state index is -2.74. The highest BCUT2D eigenvalue weighted by molar-refractivity contribution is 7.93. The van der Waals surface area contributed by atoms with E-state index in [0.717, 1.165) is 49.1 Å². The lowest BCUT2D eigenvalue weighted by Crippen LogP contribution is -2.55. The van der Waals surface area contributed by atoms with Crippen LogP contribution in [0.15, 0.2) is 59.9 Å². The summed E-state index contributed by atoms with van der Waals surface area (Å²) < 4.78 is 39.5. The number of halogens is 2. The Morgan fingerprint density at radius 1 is 1.34 bits per heavy atom. The van der Waals surface area contributed by atoms with Gasteiger partial charge in [-0.2, -0.15) is 5.06 Å². The van der Waals surface area contributed by atoms with Crippen LogP contribution in [-0.4, -0.2) is 72.8 Å². The molecule has 5 unspecified atom stereocenters. The number of hydrogen-bond acceptors (Lipinski definition) is 6. The Morgan fingerprint density at radius 3 is 2.80 bits per heavy atom. The average molecular weight is 592 g/mol. The van der Waals surface area contributed by atoms with Gasteiger partial charge in [-0.15, -0.1) is 0 Å². The van der Waals surface area contributed by atoms with E-state index in [1.54, 1.807) is 41.6 Å². The summed E-state index contributed by atoms with van der Waals surface area (Å²) in [6.07, 6.45) is 13.6. The first-order valence-electron chi connectivity index (χ1n) is 14.5. The molecule has 1 saturated heterocycles. The molecule has 4 aliphatic carbocycles. The van der Waals surface area contributed by atoms with Gasteiger partial charge in [0.2, 0.25) is 17.7 Å². The van der Waals surface area contributed by atoms with Crippen LogP contribution in [0.4, 0.5) is 8.78 Å². The first-order chi connectivity index (χ1) is 19.7. The number of nitrogens with zero attached hydrogens (tertiary/aromatic N) is 2. The average Bonchev–Trinajstić information content (AvgIpc) is 3.69. The van der Waals surface area contributed by atoms with E-state index in [1.165, 1.54) is 11.1 Å². The van der Waals surface area contributed by atoms with Crippen molar-refractivity contribution in [1.82, 2.24) is 15.3 Å². The maximum Gasteiger partial charge on any atom is 0.248 e. The Bertz CT molecular complexity index is 1100. The van der Waals surface area contributed by atoms with E-state index in [4.69, 9.17) is 9.02 Å². The van der Waals surface area contributed by atoms with Crippen LogP contribution in [0.1, 0.15) is 57.8 Å². The van der Waals surface area contributed by atoms with Crippen molar-refractivity contribution in [3.63, 3.8) is 0 Å². The van der Waals surface area contributed by atoms with Gasteiger partial charge >= 0.3 is 0 Å². The molecule has 1 heterocycles. The molecule has 5 aliphatic rings. The van der Waals surface area contributed by atoms with E-state index in [1.807, 2.05) is 0 Å². The Labute approximate surface area is 246 Å². The van der Waals surface area contributed by atoms with Gasteiger partial charge in [-0.25, -0.2) is 13.1 Å². The van der Waals surface area contributed by atoms with Crippen LogP contribution < -0.4 is 5.32 Å². The number of carbonyl (C=O) groups excluding carboxylic acids is 2. The molecule has 10 heteroatoms. The van der Waals surface area contributed by atoms with Crippen LogP contribution in [0, 0.1) is 11.8 Å². The summed E-state index contributed by atoms with van der Waals surface area (Å²) in [5.41, 5.74) is 3.37. The summed E-state index contributed by atoms with van der Waals surface area (Å²) in [5.74, 6) is -2.41. The smallest absolute Gasteiger partial charge is 0.248 e. The number of hydroxylamine groups is 2. The predicted octanol–water partition coefficient (Wildman–Crippen LogP) is 5.74. The van der Waals surface area contributed by atoms with Gasteiger partial charge in [-0.3, -0.25) is 9.59 Å². The third-order valence-electron chi connectivity index (χ3n) is 8.64. The number of rotatable bonds is 15. The highest BCUT2D eigenvalue weighted by Crippen LogP contribution is 2.42. The van der Waals surface area contributed by atoms with Crippen molar-refractivity contribution in [1.29, 1.82) is 0 Å². The summed E-state index contributed by atoms with van der Waals surface area (Å²) in [5, 5.41) is 4.61. The summed E-state index contributed by atoms with van der Waals surface area (Å²) >= 11 is 1.16. The maximum absolute atomic E-state index is 14.2. The van der Waals surface area contributed by atoms with Crippen molar-refractivity contribution in [2.45, 2.75) is 75.8 Å². The fourth-order valence-corrected chi connectivity index (χ4v) is 6.81. The van der Waals surface area contributed by atoms with Crippen LogP contribution in [0.5, 0.6) is 0 Å². The summed E-state index contributed by atoms with van der Waals surface area (Å²) in [6, 6.07) is -1.21. The normalized spacial score (nSPS) is 27.5. The molecule has 0 aromatic carbocycles. The SMILES string of the molecule is C=C/C=C(\C=C)CNC(=O)C(C1CN1OSC)N(CC1CCC(F)(F)C1)C(=O)CCC1CC2=C(OC)C=C1CCC2. The van der Waals surface area contributed by atoms with Gasteiger partial charge in [0.1, 0.15) is 11.8 Å². The lowest BCUT2D eigenvalue weighted by Gasteiger charge is -2.34. The summed E-state index contributed by atoms with van der Waals surface area (Å²) in [6.45, 7) is 8.30. The third-order valence-corrected chi connectivity index (χ3v) is 8.98. The van der Waals surface area contributed by atoms with E-state index in [9.17, 15) is 18.4 Å². The molecule has 3 fully saturated rings. The topological polar surface area (TPSA) is 70.9 Å². The van der Waals surface area contributed by atoms with Crippen molar-refractivity contribution in [2.75, 3.05) is 33.0 Å². The van der Waals surface area contributed by atoms with Crippen LogP contribution in [0.25, 0.3) is 0 Å². The second-order valence-electron chi connectivity index (χ2n) is 11.4. The largest absolute Gasteiger partial charge is 0.497 e. The fourth-order valence-electron chi connectivity index (χ4n) is 6.45. The number of alkyl halides is 2. The van der Waals surface area contributed by atoms with E-state index < -0.39 is 12.0 Å². The van der Waals surface area contributed by atoms with Gasteiger partial charge in [-0.1, -0.05) is 37.0 Å². The zero-order chi connectivity index (χ0) is 29.6. The van der Waals surface area contributed by atoms with Gasteiger partial charge in [0.05, 0.1) is 13.2 Å². The van der Waals surface area contributed by atoms with Crippen molar-refractivity contribution in [2.24, 2.45) is 11.8 Å². The number of allylic oxidation sites excluding steroid dienone is 5. The Balaban J connectivity index is 1.53. The molecule has 2 saturated carbocycles. The Kier molecular flexibility index (Phi) is 10.9. The summed E-state index contributed by atoms with van der Waals surface area (Å²) in [4.78, 5) is 29.3. The van der Waals surface area contributed by atoms with Gasteiger partial charge in [-0.05, 0) is 67.6 Å². The van der Waals surface area contributed by atoms with Crippen LogP contribution in [0.3, 0.4) is 0 Å². The van der Waals surface area contributed by atoms with E-state index in [-0.39, 0.29) is 62.0 Å². The van der Waals surface area contributed by atoms with E-state index in [0.29, 0.717) is 19.4 Å². The zero-order valence-corrected chi connectivity index (χ0v) is 25.0. The van der Waals surface area contributed by atoms with E-state index in [2.05, 4.69) is 24.6 Å². The number of methoxy groups -OCH3 is 1. The van der Waals surface area contributed by atoms with Gasteiger partial charge < -0.3 is 15.0 Å². The molecule has 2 amide bonds. The molecular formula is C31H43F2N3O4S. The number of amides is 2. The fraction of sp³-hybridized carbons (Fsp3) is 0.613.